The summed E-state index contributed by atoms with van der Waals surface area (Å²) >= 11 is 0. The second-order valence-electron chi connectivity index (χ2n) is 6.18. The van der Waals surface area contributed by atoms with Crippen LogP contribution in [0.4, 0.5) is 0 Å². The Morgan fingerprint density at radius 3 is 2.85 bits per heavy atom. The van der Waals surface area contributed by atoms with Gasteiger partial charge in [0.15, 0.2) is 0 Å². The number of carboxylic acids is 1. The minimum absolute atomic E-state index is 0.0563. The highest BCUT2D eigenvalue weighted by Gasteiger charge is 2.40. The molecular formula is C15H28N2O3. The van der Waals surface area contributed by atoms with Gasteiger partial charge in [-0.15, -0.1) is 0 Å². The highest BCUT2D eigenvalue weighted by molar-refractivity contribution is 5.71. The van der Waals surface area contributed by atoms with Crippen LogP contribution in [0.25, 0.3) is 0 Å². The lowest BCUT2D eigenvalue weighted by molar-refractivity contribution is -0.143. The van der Waals surface area contributed by atoms with Gasteiger partial charge >= 0.3 is 5.97 Å². The van der Waals surface area contributed by atoms with Crippen molar-refractivity contribution in [2.24, 2.45) is 5.92 Å². The predicted molar refractivity (Wildman–Crippen MR) is 77.9 cm³/mol. The molecule has 0 aliphatic carbocycles. The molecule has 2 saturated heterocycles. The van der Waals surface area contributed by atoms with Crippen molar-refractivity contribution >= 4 is 5.97 Å². The van der Waals surface area contributed by atoms with Gasteiger partial charge in [-0.25, -0.2) is 0 Å². The minimum atomic E-state index is -0.709. The van der Waals surface area contributed by atoms with E-state index in [0.29, 0.717) is 19.3 Å². The first-order valence-electron chi connectivity index (χ1n) is 7.88. The Kier molecular flexibility index (Phi) is 5.81. The van der Waals surface area contributed by atoms with E-state index in [-0.39, 0.29) is 12.0 Å². The Balaban J connectivity index is 2.07. The number of nitrogens with zero attached hydrogens (tertiary/aromatic N) is 2. The van der Waals surface area contributed by atoms with Crippen molar-refractivity contribution < 1.29 is 14.6 Å². The molecule has 2 aliphatic rings. The minimum Gasteiger partial charge on any atom is -0.481 e. The average molecular weight is 284 g/mol. The molecule has 0 aromatic carbocycles. The third-order valence-electron chi connectivity index (χ3n) is 4.67. The number of likely N-dealkylation sites (tertiary alicyclic amines) is 1. The maximum atomic E-state index is 11.4. The van der Waals surface area contributed by atoms with Gasteiger partial charge in [0.25, 0.3) is 0 Å². The molecule has 2 aliphatic heterocycles. The lowest BCUT2D eigenvalue weighted by atomic mass is 9.97. The molecule has 2 heterocycles. The summed E-state index contributed by atoms with van der Waals surface area (Å²) in [5.74, 6) is -1.07. The third kappa shape index (κ3) is 3.71. The molecule has 0 spiro atoms. The summed E-state index contributed by atoms with van der Waals surface area (Å²) < 4.78 is 5.47. The van der Waals surface area contributed by atoms with Crippen LogP contribution in [-0.2, 0) is 9.53 Å². The summed E-state index contributed by atoms with van der Waals surface area (Å²) in [5, 5.41) is 9.38. The zero-order valence-electron chi connectivity index (χ0n) is 12.8. The molecule has 0 aromatic rings. The lowest BCUT2D eigenvalue weighted by Crippen LogP contribution is -2.49. The van der Waals surface area contributed by atoms with Gasteiger partial charge < -0.3 is 14.7 Å². The van der Waals surface area contributed by atoms with E-state index in [0.717, 1.165) is 32.5 Å². The molecule has 0 amide bonds. The Hall–Kier alpha value is -0.650. The zero-order valence-corrected chi connectivity index (χ0v) is 12.8. The van der Waals surface area contributed by atoms with Crippen molar-refractivity contribution in [1.82, 2.24) is 9.80 Å². The van der Waals surface area contributed by atoms with Crippen LogP contribution in [-0.4, -0.2) is 72.9 Å². The molecule has 116 valence electrons. The van der Waals surface area contributed by atoms with Crippen LogP contribution in [0.15, 0.2) is 0 Å². The number of aliphatic carboxylic acids is 1. The van der Waals surface area contributed by atoms with Crippen LogP contribution in [0, 0.1) is 5.92 Å². The fourth-order valence-electron chi connectivity index (χ4n) is 3.54. The fraction of sp³-hybridized carbons (Fsp3) is 0.933. The van der Waals surface area contributed by atoms with E-state index in [1.165, 1.54) is 12.8 Å². The molecule has 5 nitrogen and oxygen atoms in total. The van der Waals surface area contributed by atoms with E-state index in [1.807, 2.05) is 0 Å². The predicted octanol–water partition coefficient (Wildman–Crippen LogP) is 1.28. The maximum Gasteiger partial charge on any atom is 0.310 e. The molecule has 2 rings (SSSR count). The van der Waals surface area contributed by atoms with Crippen LogP contribution in [0.5, 0.6) is 0 Å². The lowest BCUT2D eigenvalue weighted by Gasteiger charge is -2.37. The van der Waals surface area contributed by atoms with Crippen molar-refractivity contribution in [1.29, 1.82) is 0 Å². The highest BCUT2D eigenvalue weighted by Crippen LogP contribution is 2.26. The Morgan fingerprint density at radius 1 is 1.35 bits per heavy atom. The van der Waals surface area contributed by atoms with Crippen LogP contribution in [0.1, 0.15) is 32.6 Å². The van der Waals surface area contributed by atoms with E-state index < -0.39 is 5.97 Å². The molecule has 20 heavy (non-hydrogen) atoms. The molecule has 0 bridgehead atoms. The molecule has 0 aromatic heterocycles. The quantitative estimate of drug-likeness (QED) is 0.824. The summed E-state index contributed by atoms with van der Waals surface area (Å²) in [7, 11) is 2.17. The molecular weight excluding hydrogens is 256 g/mol. The van der Waals surface area contributed by atoms with Gasteiger partial charge in [0.2, 0.25) is 0 Å². The molecule has 3 atom stereocenters. The highest BCUT2D eigenvalue weighted by atomic mass is 16.5. The number of ether oxygens (including phenoxy) is 1. The van der Waals surface area contributed by atoms with Gasteiger partial charge in [0, 0.05) is 12.1 Å². The largest absolute Gasteiger partial charge is 0.481 e. The van der Waals surface area contributed by atoms with Crippen molar-refractivity contribution in [3.63, 3.8) is 0 Å². The number of hydrogen-bond donors (Lipinski definition) is 1. The van der Waals surface area contributed by atoms with Crippen LogP contribution >= 0.6 is 0 Å². The van der Waals surface area contributed by atoms with Gasteiger partial charge in [-0.05, 0) is 52.4 Å². The molecule has 1 N–H and O–H groups in total. The van der Waals surface area contributed by atoms with Crippen molar-refractivity contribution in [2.45, 2.75) is 44.7 Å². The zero-order chi connectivity index (χ0) is 14.5. The number of rotatable bonds is 5. The van der Waals surface area contributed by atoms with Crippen LogP contribution < -0.4 is 0 Å². The Morgan fingerprint density at radius 2 is 2.15 bits per heavy atom. The maximum absolute atomic E-state index is 11.4. The second-order valence-corrected chi connectivity index (χ2v) is 6.18. The van der Waals surface area contributed by atoms with E-state index in [2.05, 4.69) is 23.8 Å². The summed E-state index contributed by atoms with van der Waals surface area (Å²) in [6.07, 6.45) is 4.58. The normalized spacial score (nSPS) is 32.5. The first-order valence-corrected chi connectivity index (χ1v) is 7.88. The number of carbonyl (C=O) groups is 1. The van der Waals surface area contributed by atoms with E-state index in [9.17, 15) is 9.90 Å². The van der Waals surface area contributed by atoms with Crippen LogP contribution in [0.3, 0.4) is 0 Å². The average Bonchev–Trinajstić information content (AvgIpc) is 2.80. The van der Waals surface area contributed by atoms with Gasteiger partial charge in [0.1, 0.15) is 0 Å². The Bertz CT molecular complexity index is 324. The summed E-state index contributed by atoms with van der Waals surface area (Å²) in [5.41, 5.74) is 0. The summed E-state index contributed by atoms with van der Waals surface area (Å²) in [6, 6.07) is 0.564. The SMILES string of the molecule is CCCN(C1CCCN(C)CC1)C1COCC1C(=O)O. The number of hydrogen-bond acceptors (Lipinski definition) is 4. The van der Waals surface area contributed by atoms with Gasteiger partial charge in [0.05, 0.1) is 19.1 Å². The standard InChI is InChI=1S/C15H28N2O3/c1-3-7-17(12-5-4-8-16(2)9-6-12)14-11-20-10-13(14)15(18)19/h12-14H,3-11H2,1-2H3,(H,18,19). The first-order chi connectivity index (χ1) is 9.63. The van der Waals surface area contributed by atoms with Crippen molar-refractivity contribution in [2.75, 3.05) is 39.9 Å². The third-order valence-corrected chi connectivity index (χ3v) is 4.67. The van der Waals surface area contributed by atoms with Gasteiger partial charge in [-0.2, -0.15) is 0 Å². The topological polar surface area (TPSA) is 53.0 Å². The summed E-state index contributed by atoms with van der Waals surface area (Å²) in [4.78, 5) is 16.2. The molecule has 0 radical (unpaired) electrons. The number of carboxylic acid groups (broad SMARTS) is 1. The smallest absolute Gasteiger partial charge is 0.310 e. The molecule has 5 heteroatoms. The van der Waals surface area contributed by atoms with Crippen molar-refractivity contribution in [3.8, 4) is 0 Å². The van der Waals surface area contributed by atoms with Crippen LogP contribution in [0.2, 0.25) is 0 Å². The van der Waals surface area contributed by atoms with E-state index in [4.69, 9.17) is 4.74 Å². The first kappa shape index (κ1) is 15.7. The Labute approximate surface area is 121 Å². The van der Waals surface area contributed by atoms with Crippen molar-refractivity contribution in [3.05, 3.63) is 0 Å². The van der Waals surface area contributed by atoms with E-state index in [1.54, 1.807) is 0 Å². The van der Waals surface area contributed by atoms with E-state index >= 15 is 0 Å². The fourth-order valence-corrected chi connectivity index (χ4v) is 3.54. The van der Waals surface area contributed by atoms with Gasteiger partial charge in [-0.3, -0.25) is 9.69 Å². The molecule has 0 saturated carbocycles. The second kappa shape index (κ2) is 7.38. The molecule has 2 fully saturated rings. The van der Waals surface area contributed by atoms with Gasteiger partial charge in [-0.1, -0.05) is 6.92 Å². The molecule has 3 unspecified atom stereocenters. The monoisotopic (exact) mass is 284 g/mol. The summed E-state index contributed by atoms with van der Waals surface area (Å²) in [6.45, 7) is 6.35.